The van der Waals surface area contributed by atoms with Gasteiger partial charge in [-0.25, -0.2) is 0 Å². The summed E-state index contributed by atoms with van der Waals surface area (Å²) in [6.07, 6.45) is 4.95. The summed E-state index contributed by atoms with van der Waals surface area (Å²) in [5, 5.41) is 4.89. The number of nitrogens with one attached hydrogen (secondary N) is 1. The minimum absolute atomic E-state index is 0.103. The van der Waals surface area contributed by atoms with Crippen LogP contribution in [0.4, 0.5) is 0 Å². The van der Waals surface area contributed by atoms with E-state index in [1.807, 2.05) is 22.4 Å². The molecule has 2 heterocycles. The first-order valence-electron chi connectivity index (χ1n) is 8.36. The zero-order chi connectivity index (χ0) is 16.2. The van der Waals surface area contributed by atoms with Crippen molar-refractivity contribution in [2.75, 3.05) is 13.2 Å². The lowest BCUT2D eigenvalue weighted by molar-refractivity contribution is -0.150. The molecular formula is C17H24N2O3S. The van der Waals surface area contributed by atoms with Crippen molar-refractivity contribution >= 4 is 23.2 Å². The molecule has 2 aliphatic rings. The third-order valence-corrected chi connectivity index (χ3v) is 5.68. The zero-order valence-corrected chi connectivity index (χ0v) is 14.3. The van der Waals surface area contributed by atoms with Gasteiger partial charge in [0.15, 0.2) is 0 Å². The Balaban J connectivity index is 1.69. The molecule has 0 spiro atoms. The topological polar surface area (TPSA) is 58.6 Å². The highest BCUT2D eigenvalue weighted by atomic mass is 32.1. The Morgan fingerprint density at radius 1 is 1.43 bits per heavy atom. The number of hydrogen-bond acceptors (Lipinski definition) is 4. The summed E-state index contributed by atoms with van der Waals surface area (Å²) in [5.74, 6) is 0.0195. The first-order chi connectivity index (χ1) is 11.1. The van der Waals surface area contributed by atoms with Crippen LogP contribution in [0, 0.1) is 0 Å². The second-order valence-electron chi connectivity index (χ2n) is 6.32. The molecule has 3 rings (SSSR count). The SMILES string of the molecule is CC(=O)N[C@H](CC(=O)N1CCO[C@@H]2CCCC[C@H]21)c1cccs1. The van der Waals surface area contributed by atoms with Gasteiger partial charge in [0.2, 0.25) is 11.8 Å². The van der Waals surface area contributed by atoms with Crippen LogP contribution in [-0.4, -0.2) is 42.0 Å². The molecule has 0 unspecified atom stereocenters. The van der Waals surface area contributed by atoms with Gasteiger partial charge in [0.05, 0.1) is 31.2 Å². The Kier molecular flexibility index (Phi) is 5.33. The molecule has 126 valence electrons. The molecule has 0 bridgehead atoms. The van der Waals surface area contributed by atoms with Crippen molar-refractivity contribution < 1.29 is 14.3 Å². The molecule has 1 saturated carbocycles. The summed E-state index contributed by atoms with van der Waals surface area (Å²) in [6.45, 7) is 2.78. The lowest BCUT2D eigenvalue weighted by Gasteiger charge is -2.44. The van der Waals surface area contributed by atoms with Crippen molar-refractivity contribution in [3.8, 4) is 0 Å². The van der Waals surface area contributed by atoms with Crippen molar-refractivity contribution in [2.45, 2.75) is 57.2 Å². The summed E-state index contributed by atoms with van der Waals surface area (Å²) < 4.78 is 5.84. The molecule has 1 aromatic rings. The molecule has 6 heteroatoms. The number of amides is 2. The molecule has 2 fully saturated rings. The van der Waals surface area contributed by atoms with Crippen LogP contribution in [0.1, 0.15) is 49.9 Å². The molecule has 0 aromatic carbocycles. The van der Waals surface area contributed by atoms with Gasteiger partial charge in [0, 0.05) is 18.3 Å². The highest BCUT2D eigenvalue weighted by Crippen LogP contribution is 2.30. The van der Waals surface area contributed by atoms with Gasteiger partial charge < -0.3 is 15.0 Å². The third-order valence-electron chi connectivity index (χ3n) is 4.70. The van der Waals surface area contributed by atoms with Gasteiger partial charge in [-0.2, -0.15) is 0 Å². The van der Waals surface area contributed by atoms with Gasteiger partial charge in [0.25, 0.3) is 0 Å². The van der Waals surface area contributed by atoms with Crippen molar-refractivity contribution in [3.05, 3.63) is 22.4 Å². The number of morpholine rings is 1. The zero-order valence-electron chi connectivity index (χ0n) is 13.5. The van der Waals surface area contributed by atoms with E-state index in [0.29, 0.717) is 19.6 Å². The van der Waals surface area contributed by atoms with Gasteiger partial charge in [0.1, 0.15) is 0 Å². The number of carbonyl (C=O) groups excluding carboxylic acids is 2. The van der Waals surface area contributed by atoms with E-state index in [4.69, 9.17) is 4.74 Å². The second-order valence-corrected chi connectivity index (χ2v) is 7.30. The largest absolute Gasteiger partial charge is 0.374 e. The van der Waals surface area contributed by atoms with Crippen molar-refractivity contribution in [1.29, 1.82) is 0 Å². The van der Waals surface area contributed by atoms with Crippen molar-refractivity contribution in [1.82, 2.24) is 10.2 Å². The predicted octanol–water partition coefficient (Wildman–Crippen LogP) is 2.49. The van der Waals surface area contributed by atoms with E-state index in [-0.39, 0.29) is 30.0 Å². The van der Waals surface area contributed by atoms with Crippen LogP contribution in [0.5, 0.6) is 0 Å². The molecule has 1 saturated heterocycles. The van der Waals surface area contributed by atoms with Crippen LogP contribution in [0.3, 0.4) is 0 Å². The average Bonchev–Trinajstić information content (AvgIpc) is 3.07. The first-order valence-corrected chi connectivity index (χ1v) is 9.24. The van der Waals surface area contributed by atoms with Crippen molar-refractivity contribution in [2.24, 2.45) is 0 Å². The number of thiophene rings is 1. The summed E-state index contributed by atoms with van der Waals surface area (Å²) in [4.78, 5) is 27.4. The Morgan fingerprint density at radius 2 is 2.26 bits per heavy atom. The van der Waals surface area contributed by atoms with E-state index in [9.17, 15) is 9.59 Å². The van der Waals surface area contributed by atoms with Crippen LogP contribution in [0.25, 0.3) is 0 Å². The fraction of sp³-hybridized carbons (Fsp3) is 0.647. The number of carbonyl (C=O) groups is 2. The number of hydrogen-bond donors (Lipinski definition) is 1. The normalized spacial score (nSPS) is 25.5. The maximum absolute atomic E-state index is 12.9. The molecule has 0 radical (unpaired) electrons. The highest BCUT2D eigenvalue weighted by Gasteiger charge is 2.37. The van der Waals surface area contributed by atoms with E-state index in [1.54, 1.807) is 11.3 Å². The average molecular weight is 336 g/mol. The van der Waals surface area contributed by atoms with E-state index >= 15 is 0 Å². The monoisotopic (exact) mass is 336 g/mol. The third kappa shape index (κ3) is 3.93. The van der Waals surface area contributed by atoms with Gasteiger partial charge >= 0.3 is 0 Å². The van der Waals surface area contributed by atoms with Gasteiger partial charge in [-0.05, 0) is 24.3 Å². The maximum atomic E-state index is 12.9. The van der Waals surface area contributed by atoms with Gasteiger partial charge in [-0.1, -0.05) is 18.9 Å². The number of nitrogens with zero attached hydrogens (tertiary/aromatic N) is 1. The summed E-state index contributed by atoms with van der Waals surface area (Å²) in [5.41, 5.74) is 0. The molecule has 1 aliphatic carbocycles. The second kappa shape index (κ2) is 7.45. The summed E-state index contributed by atoms with van der Waals surface area (Å²) in [6, 6.07) is 3.91. The summed E-state index contributed by atoms with van der Waals surface area (Å²) >= 11 is 1.57. The first kappa shape index (κ1) is 16.5. The quantitative estimate of drug-likeness (QED) is 0.919. The maximum Gasteiger partial charge on any atom is 0.225 e. The van der Waals surface area contributed by atoms with Crippen LogP contribution >= 0.6 is 11.3 Å². The molecule has 2 amide bonds. The van der Waals surface area contributed by atoms with Crippen LogP contribution in [-0.2, 0) is 14.3 Å². The van der Waals surface area contributed by atoms with E-state index < -0.39 is 0 Å². The molecule has 3 atom stereocenters. The lowest BCUT2D eigenvalue weighted by atomic mass is 9.89. The minimum Gasteiger partial charge on any atom is -0.374 e. The van der Waals surface area contributed by atoms with Crippen LogP contribution in [0.15, 0.2) is 17.5 Å². The number of rotatable bonds is 4. The van der Waals surface area contributed by atoms with Crippen LogP contribution in [0.2, 0.25) is 0 Å². The van der Waals surface area contributed by atoms with Gasteiger partial charge in [-0.3, -0.25) is 9.59 Å². The van der Waals surface area contributed by atoms with Gasteiger partial charge in [-0.15, -0.1) is 11.3 Å². The number of fused-ring (bicyclic) bond motifs is 1. The fourth-order valence-corrected chi connectivity index (χ4v) is 4.43. The Labute approximate surface area is 141 Å². The predicted molar refractivity (Wildman–Crippen MR) is 89.2 cm³/mol. The molecular weight excluding hydrogens is 312 g/mol. The van der Waals surface area contributed by atoms with E-state index in [0.717, 1.165) is 24.1 Å². The molecule has 5 nitrogen and oxygen atoms in total. The van der Waals surface area contributed by atoms with E-state index in [1.165, 1.54) is 13.3 Å². The molecule has 1 aliphatic heterocycles. The lowest BCUT2D eigenvalue weighted by Crippen LogP contribution is -2.55. The standard InChI is InChI=1S/C17H24N2O3S/c1-12(20)18-13(16-7-4-10-23-16)11-17(21)19-8-9-22-15-6-3-2-5-14(15)19/h4,7,10,13-15H,2-3,5-6,8-9,11H2,1H3,(H,18,20)/t13-,14-,15-/m1/s1. The fourth-order valence-electron chi connectivity index (χ4n) is 3.66. The Morgan fingerprint density at radius 3 is 3.00 bits per heavy atom. The highest BCUT2D eigenvalue weighted by molar-refractivity contribution is 7.10. The molecule has 1 N–H and O–H groups in total. The summed E-state index contributed by atoms with van der Waals surface area (Å²) in [7, 11) is 0. The van der Waals surface area contributed by atoms with Crippen LogP contribution < -0.4 is 5.32 Å². The smallest absolute Gasteiger partial charge is 0.225 e. The molecule has 1 aromatic heterocycles. The van der Waals surface area contributed by atoms with Crippen molar-refractivity contribution in [3.63, 3.8) is 0 Å². The van der Waals surface area contributed by atoms with E-state index in [2.05, 4.69) is 5.32 Å². The number of ether oxygens (including phenoxy) is 1. The Hall–Kier alpha value is -1.40. The molecule has 23 heavy (non-hydrogen) atoms. The minimum atomic E-state index is -0.232. The Bertz CT molecular complexity index is 544.